The molecule has 9 rings (SSSR count). The molecule has 1 saturated carbocycles. The van der Waals surface area contributed by atoms with Gasteiger partial charge in [0.2, 0.25) is 11.8 Å². The van der Waals surface area contributed by atoms with Gasteiger partial charge < -0.3 is 15.1 Å². The molecule has 3 aromatic carbocycles. The van der Waals surface area contributed by atoms with Crippen molar-refractivity contribution in [3.05, 3.63) is 95.3 Å². The lowest BCUT2D eigenvalue weighted by atomic mass is 9.76. The number of amides is 5. The van der Waals surface area contributed by atoms with Crippen LogP contribution in [-0.4, -0.2) is 101 Å². The Labute approximate surface area is 355 Å². The summed E-state index contributed by atoms with van der Waals surface area (Å²) in [4.78, 5) is 72.2. The third kappa shape index (κ3) is 7.56. The van der Waals surface area contributed by atoms with E-state index in [0.717, 1.165) is 105 Å². The summed E-state index contributed by atoms with van der Waals surface area (Å²) in [6.07, 6.45) is 2.85. The number of hydrogen-bond donors (Lipinski definition) is 2. The molecule has 1 aromatic heterocycles. The smallest absolute Gasteiger partial charge is 0.372 e. The van der Waals surface area contributed by atoms with E-state index in [2.05, 4.69) is 42.6 Å². The van der Waals surface area contributed by atoms with Crippen molar-refractivity contribution >= 4 is 46.6 Å². The number of alkyl halides is 3. The number of carbonyl (C=O) groups excluding carboxylic acids is 5. The van der Waals surface area contributed by atoms with E-state index in [9.17, 15) is 37.1 Å². The summed E-state index contributed by atoms with van der Waals surface area (Å²) in [7, 11) is 0. The Morgan fingerprint density at radius 3 is 2.19 bits per heavy atom. The van der Waals surface area contributed by atoms with Crippen LogP contribution in [0.15, 0.2) is 73.1 Å². The summed E-state index contributed by atoms with van der Waals surface area (Å²) in [6.45, 7) is 6.17. The lowest BCUT2D eigenvalue weighted by Gasteiger charge is -2.40. The monoisotopic (exact) mass is 847 g/mol. The van der Waals surface area contributed by atoms with E-state index in [0.29, 0.717) is 18.8 Å². The number of carbonyl (C=O) groups is 5. The van der Waals surface area contributed by atoms with E-state index in [1.807, 2.05) is 24.4 Å². The van der Waals surface area contributed by atoms with Crippen LogP contribution in [0.1, 0.15) is 76.8 Å². The number of piperazine rings is 1. The number of halogens is 3. The summed E-state index contributed by atoms with van der Waals surface area (Å²) in [5, 5.41) is 18.5. The third-order valence-corrected chi connectivity index (χ3v) is 13.2. The first-order chi connectivity index (χ1) is 29.8. The average molecular weight is 848 g/mol. The van der Waals surface area contributed by atoms with E-state index in [4.69, 9.17) is 5.26 Å². The largest absolute Gasteiger partial charge is 0.417 e. The van der Waals surface area contributed by atoms with Gasteiger partial charge in [-0.15, -0.1) is 0 Å². The average Bonchev–Trinajstić information content (AvgIpc) is 3.83. The summed E-state index contributed by atoms with van der Waals surface area (Å²) >= 11 is 0. The molecule has 3 saturated heterocycles. The second-order valence-corrected chi connectivity index (χ2v) is 16.8. The standard InChI is InChI=1S/C45H44F3N9O5/c46-45(47,48)37-22-32(5-2-30(37)24-49)51-43(62)44(14-1-15-44)56-27-31(25-50-56)29-3-6-33(7-4-29)54-16-12-28(13-17-54)26-53-18-20-55(21-19-53)34-8-9-35-36(23-34)42(61)57(41(35)60)38-10-11-39(58)52-40(38)59/h2-9,22-23,25,27-28,38H,1,10-21,26H2,(H,51,62)(H,52,58,59). The van der Waals surface area contributed by atoms with Crippen molar-refractivity contribution in [1.82, 2.24) is 24.9 Å². The van der Waals surface area contributed by atoms with Crippen molar-refractivity contribution in [2.45, 2.75) is 62.7 Å². The molecule has 4 fully saturated rings. The fourth-order valence-corrected chi connectivity index (χ4v) is 9.43. The van der Waals surface area contributed by atoms with Gasteiger partial charge in [0, 0.05) is 81.1 Å². The number of anilines is 3. The van der Waals surface area contributed by atoms with E-state index in [-0.39, 0.29) is 29.7 Å². The Morgan fingerprint density at radius 2 is 1.53 bits per heavy atom. The maximum atomic E-state index is 13.6. The van der Waals surface area contributed by atoms with Crippen molar-refractivity contribution in [3.63, 3.8) is 0 Å². The highest BCUT2D eigenvalue weighted by atomic mass is 19.4. The van der Waals surface area contributed by atoms with Crippen LogP contribution in [0.4, 0.5) is 30.2 Å². The number of imide groups is 2. The van der Waals surface area contributed by atoms with Gasteiger partial charge in [0.15, 0.2) is 0 Å². The lowest BCUT2D eigenvalue weighted by molar-refractivity contribution is -0.138. The van der Waals surface area contributed by atoms with Crippen molar-refractivity contribution in [2.24, 2.45) is 5.92 Å². The van der Waals surface area contributed by atoms with Crippen LogP contribution < -0.4 is 20.4 Å². The molecule has 5 amide bonds. The second-order valence-electron chi connectivity index (χ2n) is 16.8. The van der Waals surface area contributed by atoms with Crippen LogP contribution in [0.2, 0.25) is 0 Å². The minimum absolute atomic E-state index is 0.0321. The molecule has 14 nitrogen and oxygen atoms in total. The Balaban J connectivity index is 0.755. The quantitative estimate of drug-likeness (QED) is 0.209. The zero-order valence-corrected chi connectivity index (χ0v) is 33.8. The van der Waals surface area contributed by atoms with Crippen LogP contribution in [0.5, 0.6) is 0 Å². The van der Waals surface area contributed by atoms with Gasteiger partial charge in [-0.25, -0.2) is 0 Å². The van der Waals surface area contributed by atoms with E-state index in [1.165, 1.54) is 6.07 Å². The van der Waals surface area contributed by atoms with Gasteiger partial charge in [-0.3, -0.25) is 43.8 Å². The molecule has 62 heavy (non-hydrogen) atoms. The van der Waals surface area contributed by atoms with Crippen molar-refractivity contribution in [1.29, 1.82) is 5.26 Å². The van der Waals surface area contributed by atoms with E-state index >= 15 is 0 Å². The van der Waals surface area contributed by atoms with Crippen LogP contribution in [-0.2, 0) is 26.1 Å². The molecule has 0 spiro atoms. The summed E-state index contributed by atoms with van der Waals surface area (Å²) in [5.41, 5.74) is 1.64. The van der Waals surface area contributed by atoms with Gasteiger partial charge >= 0.3 is 6.18 Å². The zero-order valence-electron chi connectivity index (χ0n) is 33.8. The number of rotatable bonds is 9. The molecule has 5 aliphatic rings. The number of benzene rings is 3. The molecular weight excluding hydrogens is 804 g/mol. The summed E-state index contributed by atoms with van der Waals surface area (Å²) < 4.78 is 42.3. The molecule has 1 atom stereocenters. The highest BCUT2D eigenvalue weighted by Gasteiger charge is 2.48. The number of nitrogens with one attached hydrogen (secondary N) is 2. The highest BCUT2D eigenvalue weighted by molar-refractivity contribution is 6.23. The van der Waals surface area contributed by atoms with Gasteiger partial charge in [-0.2, -0.15) is 23.5 Å². The Bertz CT molecular complexity index is 2490. The van der Waals surface area contributed by atoms with E-state index in [1.54, 1.807) is 29.1 Å². The molecule has 1 unspecified atom stereocenters. The predicted octanol–water partition coefficient (Wildman–Crippen LogP) is 5.40. The molecule has 2 N–H and O–H groups in total. The molecule has 320 valence electrons. The van der Waals surface area contributed by atoms with Gasteiger partial charge in [0.25, 0.3) is 17.7 Å². The lowest BCUT2D eigenvalue weighted by Crippen LogP contribution is -2.54. The highest BCUT2D eigenvalue weighted by Crippen LogP contribution is 2.42. The molecule has 0 radical (unpaired) electrons. The fourth-order valence-electron chi connectivity index (χ4n) is 9.43. The zero-order chi connectivity index (χ0) is 43.3. The fraction of sp³-hybridized carbons (Fsp3) is 0.400. The Hall–Kier alpha value is -6.54. The number of fused-ring (bicyclic) bond motifs is 1. The number of nitrogens with zero attached hydrogens (tertiary/aromatic N) is 7. The van der Waals surface area contributed by atoms with Crippen LogP contribution in [0, 0.1) is 17.2 Å². The second kappa shape index (κ2) is 16.1. The maximum Gasteiger partial charge on any atom is 0.417 e. The maximum absolute atomic E-state index is 13.6. The number of hydrogen-bond acceptors (Lipinski definition) is 10. The Kier molecular flexibility index (Phi) is 10.6. The van der Waals surface area contributed by atoms with Gasteiger partial charge in [-0.1, -0.05) is 12.1 Å². The van der Waals surface area contributed by atoms with Gasteiger partial charge in [0.1, 0.15) is 11.6 Å². The first-order valence-electron chi connectivity index (χ1n) is 21.0. The Morgan fingerprint density at radius 1 is 0.839 bits per heavy atom. The summed E-state index contributed by atoms with van der Waals surface area (Å²) in [5.74, 6) is -1.93. The van der Waals surface area contributed by atoms with Gasteiger partial charge in [-0.05, 0) is 98.5 Å². The molecule has 5 heterocycles. The van der Waals surface area contributed by atoms with Crippen LogP contribution in [0.3, 0.4) is 0 Å². The molecule has 17 heteroatoms. The third-order valence-electron chi connectivity index (χ3n) is 13.2. The first-order valence-corrected chi connectivity index (χ1v) is 21.0. The number of piperidine rings is 2. The minimum Gasteiger partial charge on any atom is -0.372 e. The molecule has 1 aliphatic carbocycles. The van der Waals surface area contributed by atoms with Crippen molar-refractivity contribution < 1.29 is 37.1 Å². The number of aromatic nitrogens is 2. The summed E-state index contributed by atoms with van der Waals surface area (Å²) in [6, 6.07) is 17.3. The molecular formula is C45H44F3N9O5. The van der Waals surface area contributed by atoms with Crippen LogP contribution in [0.25, 0.3) is 11.1 Å². The number of nitriles is 1. The SMILES string of the molecule is N#Cc1ccc(NC(=O)C2(n3cc(-c4ccc(N5CCC(CN6CCN(c7ccc8c(c7)C(=O)N(C7CCC(=O)NC7=O)C8=O)CC6)CC5)cc4)cn3)CCC2)cc1C(F)(F)F. The van der Waals surface area contributed by atoms with E-state index < -0.39 is 58.4 Å². The van der Waals surface area contributed by atoms with Crippen molar-refractivity contribution in [3.8, 4) is 17.2 Å². The van der Waals surface area contributed by atoms with Crippen molar-refractivity contribution in [2.75, 3.05) is 60.9 Å². The predicted molar refractivity (Wildman–Crippen MR) is 221 cm³/mol. The van der Waals surface area contributed by atoms with Crippen LogP contribution >= 0.6 is 0 Å². The molecule has 4 aliphatic heterocycles. The first kappa shape index (κ1) is 40.8. The molecule has 4 aromatic rings. The van der Waals surface area contributed by atoms with Gasteiger partial charge in [0.05, 0.1) is 34.5 Å². The normalized spacial score (nSPS) is 20.7. The topological polar surface area (TPSA) is 164 Å². The minimum atomic E-state index is -4.74. The molecule has 0 bridgehead atoms.